The summed E-state index contributed by atoms with van der Waals surface area (Å²) < 4.78 is 1.65. The third-order valence-electron chi connectivity index (χ3n) is 1.66. The lowest BCUT2D eigenvalue weighted by molar-refractivity contribution is 0.538. The lowest BCUT2D eigenvalue weighted by atomic mass is 10.2. The van der Waals surface area contributed by atoms with Crippen molar-refractivity contribution in [2.75, 3.05) is 0 Å². The molecule has 0 spiro atoms. The molecule has 0 radical (unpaired) electrons. The van der Waals surface area contributed by atoms with Crippen molar-refractivity contribution >= 4 is 0 Å². The highest BCUT2D eigenvalue weighted by Gasteiger charge is 2.03. The first-order valence-corrected chi connectivity index (χ1v) is 3.62. The van der Waals surface area contributed by atoms with E-state index in [0.29, 0.717) is 0 Å². The van der Waals surface area contributed by atoms with Crippen molar-refractivity contribution in [3.63, 3.8) is 0 Å². The number of imidazole rings is 1. The predicted molar refractivity (Wildman–Crippen MR) is 44.6 cm³/mol. The molecule has 0 bridgehead atoms. The number of H-pyrrole nitrogens is 1. The Kier molecular flexibility index (Phi) is 2.31. The zero-order valence-corrected chi connectivity index (χ0v) is 6.58. The molecule has 3 nitrogen and oxygen atoms in total. The summed E-state index contributed by atoms with van der Waals surface area (Å²) in [6, 6.07) is 0.200. The van der Waals surface area contributed by atoms with Crippen LogP contribution >= 0.6 is 0 Å². The van der Waals surface area contributed by atoms with E-state index in [2.05, 4.69) is 11.6 Å². The Hall–Kier alpha value is -1.25. The van der Waals surface area contributed by atoms with Gasteiger partial charge in [0.15, 0.2) is 0 Å². The molecule has 0 fully saturated rings. The van der Waals surface area contributed by atoms with E-state index in [-0.39, 0.29) is 11.7 Å². The van der Waals surface area contributed by atoms with Gasteiger partial charge in [0.1, 0.15) is 0 Å². The van der Waals surface area contributed by atoms with Crippen LogP contribution in [-0.4, -0.2) is 9.55 Å². The number of aromatic amines is 1. The van der Waals surface area contributed by atoms with Gasteiger partial charge in [-0.15, -0.1) is 6.58 Å². The van der Waals surface area contributed by atoms with Gasteiger partial charge in [-0.25, -0.2) is 4.79 Å². The van der Waals surface area contributed by atoms with Crippen LogP contribution in [0.4, 0.5) is 0 Å². The van der Waals surface area contributed by atoms with Crippen molar-refractivity contribution in [3.8, 4) is 0 Å². The first-order valence-electron chi connectivity index (χ1n) is 3.62. The lowest BCUT2D eigenvalue weighted by Crippen LogP contribution is -2.19. The fourth-order valence-electron chi connectivity index (χ4n) is 1.03. The monoisotopic (exact) mass is 152 g/mol. The second-order valence-corrected chi connectivity index (χ2v) is 2.55. The molecule has 1 atom stereocenters. The third kappa shape index (κ3) is 1.61. The van der Waals surface area contributed by atoms with E-state index in [9.17, 15) is 4.79 Å². The van der Waals surface area contributed by atoms with Crippen molar-refractivity contribution in [3.05, 3.63) is 35.5 Å². The van der Waals surface area contributed by atoms with Crippen LogP contribution in [0.15, 0.2) is 29.8 Å². The number of nitrogens with zero attached hydrogens (tertiary/aromatic N) is 1. The van der Waals surface area contributed by atoms with Crippen LogP contribution in [0.25, 0.3) is 0 Å². The van der Waals surface area contributed by atoms with E-state index in [1.165, 1.54) is 0 Å². The Bertz CT molecular complexity index is 284. The summed E-state index contributed by atoms with van der Waals surface area (Å²) in [6.45, 7) is 5.60. The maximum absolute atomic E-state index is 11.0. The first-order chi connectivity index (χ1) is 5.25. The Morgan fingerprint density at radius 2 is 2.64 bits per heavy atom. The summed E-state index contributed by atoms with van der Waals surface area (Å²) in [6.07, 6.45) is 6.01. The summed E-state index contributed by atoms with van der Waals surface area (Å²) in [5.74, 6) is 0. The van der Waals surface area contributed by atoms with Crippen molar-refractivity contribution in [1.29, 1.82) is 0 Å². The molecular formula is C8H12N2O. The molecule has 0 aromatic carbocycles. The standard InChI is InChI=1S/C8H12N2O/c1-3-4-7(2)10-6-5-9-8(10)11/h3,5-7H,1,4H2,2H3,(H,9,11). The van der Waals surface area contributed by atoms with E-state index in [4.69, 9.17) is 0 Å². The van der Waals surface area contributed by atoms with Crippen LogP contribution < -0.4 is 5.69 Å². The van der Waals surface area contributed by atoms with Crippen LogP contribution in [0.3, 0.4) is 0 Å². The summed E-state index contributed by atoms with van der Waals surface area (Å²) >= 11 is 0. The SMILES string of the molecule is C=CCC(C)n1cc[nH]c1=O. The van der Waals surface area contributed by atoms with Crippen LogP contribution in [0.1, 0.15) is 19.4 Å². The number of hydrogen-bond acceptors (Lipinski definition) is 1. The third-order valence-corrected chi connectivity index (χ3v) is 1.66. The Morgan fingerprint density at radius 3 is 3.09 bits per heavy atom. The van der Waals surface area contributed by atoms with E-state index < -0.39 is 0 Å². The van der Waals surface area contributed by atoms with Gasteiger partial charge in [-0.05, 0) is 13.3 Å². The molecule has 0 saturated carbocycles. The van der Waals surface area contributed by atoms with Crippen molar-refractivity contribution in [1.82, 2.24) is 9.55 Å². The molecule has 0 aliphatic heterocycles. The Balaban J connectivity index is 2.83. The molecule has 1 unspecified atom stereocenters. The molecule has 0 saturated heterocycles. The molecule has 1 aromatic rings. The number of rotatable bonds is 3. The minimum absolute atomic E-state index is 0.0562. The molecule has 1 aromatic heterocycles. The van der Waals surface area contributed by atoms with Gasteiger partial charge in [-0.3, -0.25) is 4.57 Å². The van der Waals surface area contributed by atoms with Gasteiger partial charge in [0, 0.05) is 18.4 Å². The van der Waals surface area contributed by atoms with E-state index in [1.54, 1.807) is 17.0 Å². The van der Waals surface area contributed by atoms with E-state index in [0.717, 1.165) is 6.42 Å². The highest BCUT2D eigenvalue weighted by atomic mass is 16.1. The topological polar surface area (TPSA) is 37.8 Å². The van der Waals surface area contributed by atoms with E-state index in [1.807, 2.05) is 13.0 Å². The molecule has 60 valence electrons. The summed E-state index contributed by atoms with van der Waals surface area (Å²) in [4.78, 5) is 13.6. The van der Waals surface area contributed by atoms with Gasteiger partial charge < -0.3 is 4.98 Å². The van der Waals surface area contributed by atoms with Crippen molar-refractivity contribution in [2.24, 2.45) is 0 Å². The maximum atomic E-state index is 11.0. The molecule has 11 heavy (non-hydrogen) atoms. The molecule has 1 N–H and O–H groups in total. The molecule has 0 amide bonds. The predicted octanol–water partition coefficient (Wildman–Crippen LogP) is 1.31. The summed E-state index contributed by atoms with van der Waals surface area (Å²) in [5.41, 5.74) is -0.0562. The maximum Gasteiger partial charge on any atom is 0.325 e. The van der Waals surface area contributed by atoms with Crippen LogP contribution in [0.5, 0.6) is 0 Å². The van der Waals surface area contributed by atoms with Gasteiger partial charge in [0.05, 0.1) is 0 Å². The normalized spacial score (nSPS) is 12.8. The van der Waals surface area contributed by atoms with Gasteiger partial charge in [-0.1, -0.05) is 6.08 Å². The fraction of sp³-hybridized carbons (Fsp3) is 0.375. The zero-order valence-electron chi connectivity index (χ0n) is 6.58. The molecule has 1 rings (SSSR count). The quantitative estimate of drug-likeness (QED) is 0.651. The van der Waals surface area contributed by atoms with Gasteiger partial charge in [0.2, 0.25) is 0 Å². The fourth-order valence-corrected chi connectivity index (χ4v) is 1.03. The number of aromatic nitrogens is 2. The summed E-state index contributed by atoms with van der Waals surface area (Å²) in [5, 5.41) is 0. The Morgan fingerprint density at radius 1 is 1.91 bits per heavy atom. The average molecular weight is 152 g/mol. The Labute approximate surface area is 65.4 Å². The van der Waals surface area contributed by atoms with Gasteiger partial charge in [-0.2, -0.15) is 0 Å². The van der Waals surface area contributed by atoms with E-state index >= 15 is 0 Å². The average Bonchev–Trinajstić information content (AvgIpc) is 2.36. The lowest BCUT2D eigenvalue weighted by Gasteiger charge is -2.07. The van der Waals surface area contributed by atoms with Crippen molar-refractivity contribution < 1.29 is 0 Å². The highest BCUT2D eigenvalue weighted by molar-refractivity contribution is 4.83. The minimum atomic E-state index is -0.0562. The zero-order chi connectivity index (χ0) is 8.27. The summed E-state index contributed by atoms with van der Waals surface area (Å²) in [7, 11) is 0. The number of hydrogen-bond donors (Lipinski definition) is 1. The first kappa shape index (κ1) is 7.85. The van der Waals surface area contributed by atoms with Crippen LogP contribution in [-0.2, 0) is 0 Å². The highest BCUT2D eigenvalue weighted by Crippen LogP contribution is 2.06. The smallest absolute Gasteiger partial charge is 0.313 e. The van der Waals surface area contributed by atoms with Crippen LogP contribution in [0, 0.1) is 0 Å². The molecule has 0 aliphatic carbocycles. The number of allylic oxidation sites excluding steroid dienone is 1. The second kappa shape index (κ2) is 3.23. The second-order valence-electron chi connectivity index (χ2n) is 2.55. The van der Waals surface area contributed by atoms with Crippen molar-refractivity contribution in [2.45, 2.75) is 19.4 Å². The molecule has 0 aliphatic rings. The number of nitrogens with one attached hydrogen (secondary N) is 1. The molecular weight excluding hydrogens is 140 g/mol. The van der Waals surface area contributed by atoms with Crippen LogP contribution in [0.2, 0.25) is 0 Å². The van der Waals surface area contributed by atoms with Gasteiger partial charge in [0.25, 0.3) is 0 Å². The molecule has 1 heterocycles. The minimum Gasteiger partial charge on any atom is -0.313 e. The largest absolute Gasteiger partial charge is 0.325 e. The molecule has 3 heteroatoms. The van der Waals surface area contributed by atoms with Gasteiger partial charge >= 0.3 is 5.69 Å².